The highest BCUT2D eigenvalue weighted by molar-refractivity contribution is 6.18. The number of fused-ring (bicyclic) bond motifs is 9. The van der Waals surface area contributed by atoms with E-state index in [1.165, 1.54) is 27.3 Å². The van der Waals surface area contributed by atoms with Crippen LogP contribution in [-0.4, -0.2) is 0 Å². The number of hydrogen-bond donors (Lipinski definition) is 0. The highest BCUT2D eigenvalue weighted by atomic mass is 16.3. The second-order valence-electron chi connectivity index (χ2n) is 15.2. The smallest absolute Gasteiger partial charge is 0.143 e. The SMILES string of the molecule is c1ccc(-c2cccc3c2oc2cccc(N(c4ccc(-c5ccc6ccccc6c5)cc4)c4ccc(-c5cccc6c5oc5c7ccccc7ccc65)cc4)c23)cc1. The van der Waals surface area contributed by atoms with Crippen molar-refractivity contribution in [3.8, 4) is 33.4 Å². The molecule has 0 atom stereocenters. The molecule has 276 valence electrons. The summed E-state index contributed by atoms with van der Waals surface area (Å²) in [6.45, 7) is 0. The van der Waals surface area contributed by atoms with Crippen molar-refractivity contribution in [2.24, 2.45) is 0 Å². The van der Waals surface area contributed by atoms with Gasteiger partial charge in [-0.2, -0.15) is 0 Å². The van der Waals surface area contributed by atoms with Gasteiger partial charge >= 0.3 is 0 Å². The maximum atomic E-state index is 6.75. The molecule has 0 N–H and O–H groups in total. The standard InChI is InChI=1S/C56H35NO2/c1-2-12-38(13-3-1)46-18-9-20-50-53-51(21-10-22-52(53)58-56(46)50)57(43-30-25-37(26-31-43)42-24-23-36-11-4-5-15-41(36)35-42)44-32-27-40(28-33-44)47-17-8-19-48-49-34-29-39-14-6-7-16-45(39)55(49)59-54(47)48/h1-35H. The van der Waals surface area contributed by atoms with Crippen LogP contribution in [0.15, 0.2) is 221 Å². The van der Waals surface area contributed by atoms with Gasteiger partial charge in [-0.3, -0.25) is 0 Å². The molecule has 0 aliphatic carbocycles. The number of nitrogens with zero attached hydrogens (tertiary/aromatic N) is 1. The summed E-state index contributed by atoms with van der Waals surface area (Å²) in [6, 6.07) is 75.6. The molecule has 0 fully saturated rings. The third-order valence-corrected chi connectivity index (χ3v) is 11.9. The summed E-state index contributed by atoms with van der Waals surface area (Å²) in [7, 11) is 0. The van der Waals surface area contributed by atoms with E-state index in [1.807, 2.05) is 6.07 Å². The molecule has 0 saturated heterocycles. The Balaban J connectivity index is 1.02. The number of hydrogen-bond acceptors (Lipinski definition) is 3. The van der Waals surface area contributed by atoms with Crippen LogP contribution >= 0.6 is 0 Å². The highest BCUT2D eigenvalue weighted by Gasteiger charge is 2.22. The van der Waals surface area contributed by atoms with Crippen LogP contribution in [0.1, 0.15) is 0 Å². The van der Waals surface area contributed by atoms with Crippen molar-refractivity contribution in [1.82, 2.24) is 0 Å². The second kappa shape index (κ2) is 13.4. The highest BCUT2D eigenvalue weighted by Crippen LogP contribution is 2.46. The molecule has 0 aliphatic rings. The van der Waals surface area contributed by atoms with Crippen molar-refractivity contribution in [2.75, 3.05) is 4.90 Å². The lowest BCUT2D eigenvalue weighted by molar-refractivity contribution is 0.670. The Bertz CT molecular complexity index is 3540. The quantitative estimate of drug-likeness (QED) is 0.169. The molecule has 3 nitrogen and oxygen atoms in total. The van der Waals surface area contributed by atoms with Crippen LogP contribution in [0.2, 0.25) is 0 Å². The van der Waals surface area contributed by atoms with Crippen molar-refractivity contribution in [1.29, 1.82) is 0 Å². The van der Waals surface area contributed by atoms with Crippen LogP contribution < -0.4 is 4.90 Å². The third kappa shape index (κ3) is 5.44. The summed E-state index contributed by atoms with van der Waals surface area (Å²) in [4.78, 5) is 2.36. The molecule has 3 heteroatoms. The van der Waals surface area contributed by atoms with Gasteiger partial charge in [-0.05, 0) is 86.9 Å². The van der Waals surface area contributed by atoms with Gasteiger partial charge < -0.3 is 13.7 Å². The minimum atomic E-state index is 0.847. The first-order valence-corrected chi connectivity index (χ1v) is 20.1. The maximum absolute atomic E-state index is 6.75. The number of anilines is 3. The number of rotatable bonds is 6. The lowest BCUT2D eigenvalue weighted by Gasteiger charge is -2.26. The van der Waals surface area contributed by atoms with Gasteiger partial charge in [-0.1, -0.05) is 164 Å². The van der Waals surface area contributed by atoms with Crippen molar-refractivity contribution < 1.29 is 8.83 Å². The molecule has 0 bridgehead atoms. The predicted octanol–water partition coefficient (Wildman–Crippen LogP) is 16.3. The van der Waals surface area contributed by atoms with Gasteiger partial charge in [0.25, 0.3) is 0 Å². The second-order valence-corrected chi connectivity index (χ2v) is 15.2. The molecular formula is C56H35NO2. The lowest BCUT2D eigenvalue weighted by Crippen LogP contribution is -2.10. The summed E-state index contributed by atoms with van der Waals surface area (Å²) in [5.41, 5.74) is 13.4. The van der Waals surface area contributed by atoms with Crippen LogP contribution in [0.25, 0.3) is 98.8 Å². The van der Waals surface area contributed by atoms with Crippen LogP contribution in [0.3, 0.4) is 0 Å². The van der Waals surface area contributed by atoms with Crippen LogP contribution in [-0.2, 0) is 0 Å². The minimum Gasteiger partial charge on any atom is -0.455 e. The number of para-hydroxylation sites is 2. The average Bonchev–Trinajstić information content (AvgIpc) is 3.89. The molecule has 12 aromatic rings. The summed E-state index contributed by atoms with van der Waals surface area (Å²) in [5, 5.41) is 9.17. The summed E-state index contributed by atoms with van der Waals surface area (Å²) >= 11 is 0. The van der Waals surface area contributed by atoms with Gasteiger partial charge in [0.2, 0.25) is 0 Å². The van der Waals surface area contributed by atoms with Gasteiger partial charge in [-0.25, -0.2) is 0 Å². The Morgan fingerprint density at radius 2 is 0.864 bits per heavy atom. The fraction of sp³-hybridized carbons (Fsp3) is 0. The van der Waals surface area contributed by atoms with E-state index in [2.05, 4.69) is 211 Å². The zero-order valence-corrected chi connectivity index (χ0v) is 32.0. The molecule has 0 aliphatic heterocycles. The molecule has 10 aromatic carbocycles. The van der Waals surface area contributed by atoms with Gasteiger partial charge in [0.05, 0.1) is 11.1 Å². The molecule has 0 unspecified atom stereocenters. The van der Waals surface area contributed by atoms with Crippen molar-refractivity contribution in [2.45, 2.75) is 0 Å². The Labute approximate surface area is 340 Å². The van der Waals surface area contributed by atoms with Crippen LogP contribution in [0, 0.1) is 0 Å². The molecule has 0 spiro atoms. The first kappa shape index (κ1) is 33.3. The zero-order chi connectivity index (χ0) is 38.9. The molecule has 2 heterocycles. The predicted molar refractivity (Wildman–Crippen MR) is 247 cm³/mol. The first-order chi connectivity index (χ1) is 29.2. The Kier molecular flexibility index (Phi) is 7.54. The van der Waals surface area contributed by atoms with E-state index in [4.69, 9.17) is 8.83 Å². The normalized spacial score (nSPS) is 11.7. The largest absolute Gasteiger partial charge is 0.455 e. The topological polar surface area (TPSA) is 29.5 Å². The third-order valence-electron chi connectivity index (χ3n) is 11.9. The van der Waals surface area contributed by atoms with Gasteiger partial charge in [0, 0.05) is 44.0 Å². The molecule has 12 rings (SSSR count). The monoisotopic (exact) mass is 753 g/mol. The van der Waals surface area contributed by atoms with E-state index in [-0.39, 0.29) is 0 Å². The molecular weight excluding hydrogens is 719 g/mol. The molecule has 2 aromatic heterocycles. The van der Waals surface area contributed by atoms with E-state index < -0.39 is 0 Å². The lowest BCUT2D eigenvalue weighted by atomic mass is 9.99. The van der Waals surface area contributed by atoms with E-state index in [0.717, 1.165) is 88.6 Å². The Hall–Kier alpha value is -7.88. The van der Waals surface area contributed by atoms with Crippen LogP contribution in [0.5, 0.6) is 0 Å². The van der Waals surface area contributed by atoms with Crippen molar-refractivity contribution >= 4 is 82.5 Å². The fourth-order valence-electron chi connectivity index (χ4n) is 9.00. The van der Waals surface area contributed by atoms with E-state index in [1.54, 1.807) is 0 Å². The van der Waals surface area contributed by atoms with Gasteiger partial charge in [0.1, 0.15) is 22.3 Å². The Morgan fingerprint density at radius 3 is 1.64 bits per heavy atom. The summed E-state index contributed by atoms with van der Waals surface area (Å²) < 4.78 is 13.5. The first-order valence-electron chi connectivity index (χ1n) is 20.1. The minimum absolute atomic E-state index is 0.847. The molecule has 0 saturated carbocycles. The summed E-state index contributed by atoms with van der Waals surface area (Å²) in [6.07, 6.45) is 0. The number of benzene rings is 10. The number of furan rings is 2. The van der Waals surface area contributed by atoms with E-state index >= 15 is 0 Å². The van der Waals surface area contributed by atoms with E-state index in [0.29, 0.717) is 0 Å². The molecule has 0 radical (unpaired) electrons. The van der Waals surface area contributed by atoms with E-state index in [9.17, 15) is 0 Å². The maximum Gasteiger partial charge on any atom is 0.143 e. The Morgan fingerprint density at radius 1 is 0.305 bits per heavy atom. The van der Waals surface area contributed by atoms with Crippen molar-refractivity contribution in [3.05, 3.63) is 212 Å². The zero-order valence-electron chi connectivity index (χ0n) is 32.0. The average molecular weight is 754 g/mol. The van der Waals surface area contributed by atoms with Gasteiger partial charge in [0.15, 0.2) is 0 Å². The summed E-state index contributed by atoms with van der Waals surface area (Å²) in [5.74, 6) is 0. The molecule has 0 amide bonds. The molecule has 59 heavy (non-hydrogen) atoms. The van der Waals surface area contributed by atoms with Crippen LogP contribution in [0.4, 0.5) is 17.1 Å². The van der Waals surface area contributed by atoms with Gasteiger partial charge in [-0.15, -0.1) is 0 Å². The fourth-order valence-corrected chi connectivity index (χ4v) is 9.00. The van der Waals surface area contributed by atoms with Crippen molar-refractivity contribution in [3.63, 3.8) is 0 Å².